The van der Waals surface area contributed by atoms with Crippen molar-refractivity contribution in [3.8, 4) is 0 Å². The van der Waals surface area contributed by atoms with Gasteiger partial charge in [-0.3, -0.25) is 0 Å². The molecule has 24 heavy (non-hydrogen) atoms. The van der Waals surface area contributed by atoms with Gasteiger partial charge in [0, 0.05) is 30.0 Å². The topological polar surface area (TPSA) is 53.7 Å². The lowest BCUT2D eigenvalue weighted by atomic mass is 10.3. The average molecular weight is 526 g/mol. The number of rotatable bonds is 8. The molecular formula is C16H25BrIN5S. The van der Waals surface area contributed by atoms with Crippen LogP contribution in [0.15, 0.2) is 34.0 Å². The first-order chi connectivity index (χ1) is 11.2. The number of halogens is 2. The van der Waals surface area contributed by atoms with Crippen LogP contribution < -0.4 is 10.6 Å². The second-order valence-corrected chi connectivity index (χ2v) is 7.07. The molecular weight excluding hydrogens is 501 g/mol. The molecule has 2 N–H and O–H groups in total. The summed E-state index contributed by atoms with van der Waals surface area (Å²) in [6.07, 6.45) is 8.56. The molecule has 0 saturated heterocycles. The second kappa shape index (κ2) is 12.0. The van der Waals surface area contributed by atoms with E-state index in [2.05, 4.69) is 49.7 Å². The van der Waals surface area contributed by atoms with Crippen LogP contribution in [-0.2, 0) is 6.54 Å². The van der Waals surface area contributed by atoms with Crippen LogP contribution in [0.1, 0.15) is 25.5 Å². The number of nitrogens with zero attached hydrogens (tertiary/aromatic N) is 3. The number of nitrogens with one attached hydrogen (secondary N) is 2. The number of aromatic nitrogens is 2. The Bertz CT molecular complexity index is 646. The lowest BCUT2D eigenvalue weighted by Gasteiger charge is -2.10. The molecule has 0 unspecified atom stereocenters. The zero-order valence-corrected chi connectivity index (χ0v) is 18.8. The maximum Gasteiger partial charge on any atom is 0.191 e. The SMILES string of the molecule is CCNC(=NCc1cn2cc(Br)ccc2n1)NCCCCSC.I. The monoisotopic (exact) mass is 525 g/mol. The molecule has 0 radical (unpaired) electrons. The lowest BCUT2D eigenvalue weighted by Crippen LogP contribution is -2.37. The van der Waals surface area contributed by atoms with E-state index in [1.807, 2.05) is 40.7 Å². The third-order valence-corrected chi connectivity index (χ3v) is 4.44. The van der Waals surface area contributed by atoms with Crippen LogP contribution in [0, 0.1) is 0 Å². The number of aliphatic imine (C=N–C) groups is 1. The van der Waals surface area contributed by atoms with Crippen molar-refractivity contribution in [3.05, 3.63) is 34.7 Å². The number of pyridine rings is 1. The molecule has 0 atom stereocenters. The standard InChI is InChI=1S/C16H24BrN5S.HI/c1-3-18-16(19-8-4-5-9-23-2)20-10-14-12-22-11-13(17)6-7-15(22)21-14;/h6-7,11-12H,3-5,8-10H2,1-2H3,(H2,18,19,20);1H. The molecule has 2 aromatic rings. The normalized spacial score (nSPS) is 11.4. The molecule has 2 aromatic heterocycles. The van der Waals surface area contributed by atoms with E-state index in [-0.39, 0.29) is 24.0 Å². The highest BCUT2D eigenvalue weighted by Crippen LogP contribution is 2.12. The van der Waals surface area contributed by atoms with Crippen LogP contribution in [-0.4, -0.2) is 40.4 Å². The van der Waals surface area contributed by atoms with E-state index in [1.165, 1.54) is 12.2 Å². The molecule has 0 aliphatic heterocycles. The van der Waals surface area contributed by atoms with Gasteiger partial charge >= 0.3 is 0 Å². The van der Waals surface area contributed by atoms with Crippen LogP contribution in [0.5, 0.6) is 0 Å². The van der Waals surface area contributed by atoms with E-state index >= 15 is 0 Å². The Morgan fingerprint density at radius 1 is 1.29 bits per heavy atom. The summed E-state index contributed by atoms with van der Waals surface area (Å²) in [5.41, 5.74) is 1.90. The van der Waals surface area contributed by atoms with Crippen LogP contribution in [0.25, 0.3) is 5.65 Å². The smallest absolute Gasteiger partial charge is 0.191 e. The van der Waals surface area contributed by atoms with E-state index in [0.29, 0.717) is 6.54 Å². The first kappa shape index (κ1) is 21.6. The molecule has 0 amide bonds. The molecule has 0 aliphatic carbocycles. The van der Waals surface area contributed by atoms with E-state index in [9.17, 15) is 0 Å². The Hall–Kier alpha value is -0.480. The molecule has 2 heterocycles. The van der Waals surface area contributed by atoms with E-state index in [1.54, 1.807) is 0 Å². The van der Waals surface area contributed by atoms with Gasteiger partial charge in [-0.2, -0.15) is 11.8 Å². The van der Waals surface area contributed by atoms with Gasteiger partial charge in [0.1, 0.15) is 5.65 Å². The molecule has 0 bridgehead atoms. The van der Waals surface area contributed by atoms with Gasteiger partial charge in [0.2, 0.25) is 0 Å². The van der Waals surface area contributed by atoms with Gasteiger partial charge in [-0.15, -0.1) is 24.0 Å². The van der Waals surface area contributed by atoms with Crippen molar-refractivity contribution in [1.29, 1.82) is 0 Å². The van der Waals surface area contributed by atoms with E-state index < -0.39 is 0 Å². The van der Waals surface area contributed by atoms with Gasteiger partial charge < -0.3 is 15.0 Å². The highest BCUT2D eigenvalue weighted by atomic mass is 127. The fraction of sp³-hybridized carbons (Fsp3) is 0.500. The summed E-state index contributed by atoms with van der Waals surface area (Å²) in [6.45, 7) is 4.45. The first-order valence-electron chi connectivity index (χ1n) is 7.87. The summed E-state index contributed by atoms with van der Waals surface area (Å²) < 4.78 is 3.05. The predicted octanol–water partition coefficient (Wildman–Crippen LogP) is 3.91. The number of guanidine groups is 1. The highest BCUT2D eigenvalue weighted by molar-refractivity contribution is 14.0. The zero-order chi connectivity index (χ0) is 16.5. The van der Waals surface area contributed by atoms with Crippen molar-refractivity contribution in [2.45, 2.75) is 26.3 Å². The summed E-state index contributed by atoms with van der Waals surface area (Å²) >= 11 is 5.37. The van der Waals surface area contributed by atoms with Crippen molar-refractivity contribution >= 4 is 63.3 Å². The number of fused-ring (bicyclic) bond motifs is 1. The molecule has 0 saturated carbocycles. The van der Waals surface area contributed by atoms with Crippen LogP contribution >= 0.6 is 51.7 Å². The molecule has 5 nitrogen and oxygen atoms in total. The number of thioether (sulfide) groups is 1. The minimum absolute atomic E-state index is 0. The van der Waals surface area contributed by atoms with E-state index in [4.69, 9.17) is 0 Å². The fourth-order valence-corrected chi connectivity index (χ4v) is 3.02. The van der Waals surface area contributed by atoms with Gasteiger partial charge in [-0.1, -0.05) is 0 Å². The van der Waals surface area contributed by atoms with Crippen molar-refractivity contribution in [1.82, 2.24) is 20.0 Å². The van der Waals surface area contributed by atoms with Crippen molar-refractivity contribution in [2.75, 3.05) is 25.1 Å². The van der Waals surface area contributed by atoms with Crippen LogP contribution in [0.4, 0.5) is 0 Å². The molecule has 8 heteroatoms. The van der Waals surface area contributed by atoms with E-state index in [0.717, 1.165) is 41.3 Å². The second-order valence-electron chi connectivity index (χ2n) is 5.17. The molecule has 0 aliphatic rings. The minimum Gasteiger partial charge on any atom is -0.357 e. The summed E-state index contributed by atoms with van der Waals surface area (Å²) in [6, 6.07) is 3.99. The van der Waals surface area contributed by atoms with Gasteiger partial charge in [-0.25, -0.2) is 9.98 Å². The van der Waals surface area contributed by atoms with Gasteiger partial charge in [0.05, 0.1) is 12.2 Å². The van der Waals surface area contributed by atoms with Crippen molar-refractivity contribution in [3.63, 3.8) is 0 Å². The van der Waals surface area contributed by atoms with Crippen LogP contribution in [0.3, 0.4) is 0 Å². The third-order valence-electron chi connectivity index (χ3n) is 3.28. The Morgan fingerprint density at radius 3 is 2.88 bits per heavy atom. The van der Waals surface area contributed by atoms with Gasteiger partial charge in [0.15, 0.2) is 5.96 Å². The largest absolute Gasteiger partial charge is 0.357 e. The Balaban J connectivity index is 0.00000288. The summed E-state index contributed by atoms with van der Waals surface area (Å²) in [5, 5.41) is 6.66. The molecule has 0 fully saturated rings. The molecule has 2 rings (SSSR count). The predicted molar refractivity (Wildman–Crippen MR) is 119 cm³/mol. The maximum atomic E-state index is 4.62. The van der Waals surface area contributed by atoms with Crippen LogP contribution in [0.2, 0.25) is 0 Å². The lowest BCUT2D eigenvalue weighted by molar-refractivity contribution is 0.734. The van der Waals surface area contributed by atoms with Crippen molar-refractivity contribution < 1.29 is 0 Å². The molecule has 134 valence electrons. The maximum absolute atomic E-state index is 4.62. The highest BCUT2D eigenvalue weighted by Gasteiger charge is 2.02. The fourth-order valence-electron chi connectivity index (χ4n) is 2.17. The quantitative estimate of drug-likeness (QED) is 0.237. The van der Waals surface area contributed by atoms with Gasteiger partial charge in [0.25, 0.3) is 0 Å². The zero-order valence-electron chi connectivity index (χ0n) is 14.1. The first-order valence-corrected chi connectivity index (χ1v) is 10.1. The summed E-state index contributed by atoms with van der Waals surface area (Å²) in [5.74, 6) is 2.07. The number of hydrogen-bond acceptors (Lipinski definition) is 3. The minimum atomic E-state index is 0. The molecule has 0 spiro atoms. The summed E-state index contributed by atoms with van der Waals surface area (Å²) in [7, 11) is 0. The van der Waals surface area contributed by atoms with Crippen molar-refractivity contribution in [2.24, 2.45) is 4.99 Å². The Morgan fingerprint density at radius 2 is 2.12 bits per heavy atom. The Labute approximate surface area is 173 Å². The van der Waals surface area contributed by atoms with Gasteiger partial charge in [-0.05, 0) is 59.8 Å². The molecule has 0 aromatic carbocycles. The number of unbranched alkanes of at least 4 members (excludes halogenated alkanes) is 1. The number of imidazole rings is 1. The average Bonchev–Trinajstić information content (AvgIpc) is 2.94. The Kier molecular flexibility index (Phi) is 10.8. The third kappa shape index (κ3) is 7.18. The number of hydrogen-bond donors (Lipinski definition) is 2. The summed E-state index contributed by atoms with van der Waals surface area (Å²) in [4.78, 5) is 9.20.